The molecule has 0 fully saturated rings. The van der Waals surface area contributed by atoms with Gasteiger partial charge in [-0.05, 0) is 41.3 Å². The fraction of sp³-hybridized carbons (Fsp3) is 0.310. The Morgan fingerprint density at radius 3 is 2.13 bits per heavy atom. The zero-order chi connectivity index (χ0) is 28.6. The van der Waals surface area contributed by atoms with Crippen LogP contribution in [0.4, 0.5) is 10.1 Å². The molecule has 0 radical (unpaired) electrons. The van der Waals surface area contributed by atoms with Gasteiger partial charge >= 0.3 is 0 Å². The van der Waals surface area contributed by atoms with Crippen LogP contribution in [0.2, 0.25) is 0 Å². The monoisotopic (exact) mass is 617 g/mol. The molecular formula is C29H33BrFN3O4S. The number of benzene rings is 3. The largest absolute Gasteiger partial charge is 0.354 e. The van der Waals surface area contributed by atoms with Gasteiger partial charge in [-0.1, -0.05) is 84.4 Å². The van der Waals surface area contributed by atoms with Crippen molar-refractivity contribution in [2.24, 2.45) is 5.92 Å². The van der Waals surface area contributed by atoms with Crippen LogP contribution in [-0.4, -0.2) is 50.5 Å². The van der Waals surface area contributed by atoms with Crippen LogP contribution in [0.25, 0.3) is 0 Å². The number of hydrogen-bond acceptors (Lipinski definition) is 4. The van der Waals surface area contributed by atoms with E-state index in [1.807, 2.05) is 68.4 Å². The van der Waals surface area contributed by atoms with E-state index < -0.39 is 34.3 Å². The van der Waals surface area contributed by atoms with Crippen molar-refractivity contribution in [1.29, 1.82) is 0 Å². The molecule has 0 unspecified atom stereocenters. The Balaban J connectivity index is 2.05. The first-order chi connectivity index (χ1) is 18.5. The molecule has 39 heavy (non-hydrogen) atoms. The molecule has 10 heteroatoms. The van der Waals surface area contributed by atoms with E-state index in [4.69, 9.17) is 0 Å². The summed E-state index contributed by atoms with van der Waals surface area (Å²) in [6, 6.07) is 21.0. The maximum absolute atomic E-state index is 14.7. The number of carbonyl (C=O) groups excluding carboxylic acids is 2. The summed E-state index contributed by atoms with van der Waals surface area (Å²) in [5, 5.41) is 2.92. The Kier molecular flexibility index (Phi) is 10.7. The molecule has 0 aliphatic carbocycles. The lowest BCUT2D eigenvalue weighted by Gasteiger charge is -2.33. The SMILES string of the molecule is CC(C)CNC(=O)[C@@H](Cc1ccccc1)N(Cc1ccc(Br)cc1)C(=O)CN(c1ccccc1F)S(C)(=O)=O. The summed E-state index contributed by atoms with van der Waals surface area (Å²) in [6.45, 7) is 3.73. The van der Waals surface area contributed by atoms with E-state index in [9.17, 15) is 22.4 Å². The van der Waals surface area contributed by atoms with Crippen molar-refractivity contribution < 1.29 is 22.4 Å². The van der Waals surface area contributed by atoms with Gasteiger partial charge in [-0.3, -0.25) is 13.9 Å². The van der Waals surface area contributed by atoms with Gasteiger partial charge in [-0.15, -0.1) is 0 Å². The molecule has 3 rings (SSSR count). The minimum atomic E-state index is -4.03. The van der Waals surface area contributed by atoms with Gasteiger partial charge in [0.15, 0.2) is 0 Å². The molecule has 0 aliphatic rings. The minimum absolute atomic E-state index is 0.0492. The number of hydrogen-bond donors (Lipinski definition) is 1. The number of halogens is 2. The molecule has 1 N–H and O–H groups in total. The highest BCUT2D eigenvalue weighted by Crippen LogP contribution is 2.23. The highest BCUT2D eigenvalue weighted by Gasteiger charge is 2.33. The molecule has 208 valence electrons. The molecule has 0 spiro atoms. The topological polar surface area (TPSA) is 86.8 Å². The van der Waals surface area contributed by atoms with E-state index in [1.165, 1.54) is 23.1 Å². The zero-order valence-corrected chi connectivity index (χ0v) is 24.6. The second kappa shape index (κ2) is 13.7. The zero-order valence-electron chi connectivity index (χ0n) is 22.2. The molecular weight excluding hydrogens is 585 g/mol. The van der Waals surface area contributed by atoms with Crippen LogP contribution >= 0.6 is 15.9 Å². The van der Waals surface area contributed by atoms with Crippen molar-refractivity contribution in [3.05, 3.63) is 100 Å². The Morgan fingerprint density at radius 2 is 1.54 bits per heavy atom. The average Bonchev–Trinajstić information content (AvgIpc) is 2.89. The minimum Gasteiger partial charge on any atom is -0.354 e. The predicted molar refractivity (Wildman–Crippen MR) is 155 cm³/mol. The van der Waals surface area contributed by atoms with Crippen molar-refractivity contribution in [2.75, 3.05) is 23.7 Å². The van der Waals surface area contributed by atoms with E-state index in [0.29, 0.717) is 6.54 Å². The molecule has 7 nitrogen and oxygen atoms in total. The lowest BCUT2D eigenvalue weighted by Crippen LogP contribution is -2.53. The van der Waals surface area contributed by atoms with Crippen molar-refractivity contribution in [3.63, 3.8) is 0 Å². The molecule has 0 aliphatic heterocycles. The lowest BCUT2D eigenvalue weighted by atomic mass is 10.0. The summed E-state index contributed by atoms with van der Waals surface area (Å²) >= 11 is 3.40. The molecule has 0 saturated heterocycles. The number of sulfonamides is 1. The number of para-hydroxylation sites is 1. The number of carbonyl (C=O) groups is 2. The van der Waals surface area contributed by atoms with Gasteiger partial charge < -0.3 is 10.2 Å². The number of rotatable bonds is 12. The standard InChI is InChI=1S/C29H33BrFN3O4S/c1-21(2)18-32-29(36)27(17-22-9-5-4-6-10-22)33(19-23-13-15-24(30)16-14-23)28(35)20-34(39(3,37)38)26-12-8-7-11-25(26)31/h4-16,21,27H,17-20H2,1-3H3,(H,32,36)/t27-/m1/s1. The number of anilines is 1. The summed E-state index contributed by atoms with van der Waals surface area (Å²) in [7, 11) is -4.03. The Labute approximate surface area is 238 Å². The van der Waals surface area contributed by atoms with Crippen LogP contribution in [0.3, 0.4) is 0 Å². The Hall–Kier alpha value is -3.24. The second-order valence-corrected chi connectivity index (χ2v) is 12.5. The fourth-order valence-corrected chi connectivity index (χ4v) is 5.13. The van der Waals surface area contributed by atoms with Crippen LogP contribution in [0, 0.1) is 11.7 Å². The third-order valence-corrected chi connectivity index (χ3v) is 7.68. The molecule has 1 atom stereocenters. The number of nitrogens with zero attached hydrogens (tertiary/aromatic N) is 2. The first kappa shape index (κ1) is 30.3. The molecule has 3 aromatic carbocycles. The van der Waals surface area contributed by atoms with Gasteiger partial charge in [-0.2, -0.15) is 0 Å². The quantitative estimate of drug-likeness (QED) is 0.317. The first-order valence-electron chi connectivity index (χ1n) is 12.5. The van der Waals surface area contributed by atoms with Crippen LogP contribution < -0.4 is 9.62 Å². The third kappa shape index (κ3) is 8.90. The highest BCUT2D eigenvalue weighted by atomic mass is 79.9. The first-order valence-corrected chi connectivity index (χ1v) is 15.2. The fourth-order valence-electron chi connectivity index (χ4n) is 4.01. The summed E-state index contributed by atoms with van der Waals surface area (Å²) in [6.07, 6.45) is 1.13. The van der Waals surface area contributed by atoms with Gasteiger partial charge in [0, 0.05) is 24.0 Å². The predicted octanol–water partition coefficient (Wildman–Crippen LogP) is 4.77. The van der Waals surface area contributed by atoms with Crippen molar-refractivity contribution in [2.45, 2.75) is 32.9 Å². The molecule has 3 aromatic rings. The Bertz CT molecular complexity index is 1370. The number of nitrogens with one attached hydrogen (secondary N) is 1. The molecule has 0 bridgehead atoms. The summed E-state index contributed by atoms with van der Waals surface area (Å²) < 4.78 is 41.7. The van der Waals surface area contributed by atoms with E-state index >= 15 is 0 Å². The van der Waals surface area contributed by atoms with Crippen LogP contribution in [0.15, 0.2) is 83.3 Å². The van der Waals surface area contributed by atoms with E-state index in [-0.39, 0.29) is 30.5 Å². The maximum Gasteiger partial charge on any atom is 0.244 e. The van der Waals surface area contributed by atoms with E-state index in [0.717, 1.165) is 32.2 Å². The smallest absolute Gasteiger partial charge is 0.244 e. The van der Waals surface area contributed by atoms with Crippen molar-refractivity contribution in [1.82, 2.24) is 10.2 Å². The van der Waals surface area contributed by atoms with Gasteiger partial charge in [0.2, 0.25) is 21.8 Å². The van der Waals surface area contributed by atoms with Crippen LogP contribution in [-0.2, 0) is 32.6 Å². The summed E-state index contributed by atoms with van der Waals surface area (Å²) in [4.78, 5) is 28.9. The van der Waals surface area contributed by atoms with Gasteiger partial charge in [0.25, 0.3) is 0 Å². The van der Waals surface area contributed by atoms with Gasteiger partial charge in [-0.25, -0.2) is 12.8 Å². The third-order valence-electron chi connectivity index (χ3n) is 6.02. The lowest BCUT2D eigenvalue weighted by molar-refractivity contribution is -0.140. The molecule has 0 heterocycles. The highest BCUT2D eigenvalue weighted by molar-refractivity contribution is 9.10. The van der Waals surface area contributed by atoms with Crippen LogP contribution in [0.1, 0.15) is 25.0 Å². The normalized spacial score (nSPS) is 12.2. The molecule has 0 aromatic heterocycles. The van der Waals surface area contributed by atoms with Gasteiger partial charge in [0.05, 0.1) is 11.9 Å². The average molecular weight is 619 g/mol. The van der Waals surface area contributed by atoms with Crippen molar-refractivity contribution in [3.8, 4) is 0 Å². The number of amides is 2. The summed E-state index contributed by atoms with van der Waals surface area (Å²) in [5.41, 5.74) is 1.35. The Morgan fingerprint density at radius 1 is 0.923 bits per heavy atom. The second-order valence-electron chi connectivity index (χ2n) is 9.71. The molecule has 2 amide bonds. The van der Waals surface area contributed by atoms with E-state index in [2.05, 4.69) is 21.2 Å². The van der Waals surface area contributed by atoms with Gasteiger partial charge in [0.1, 0.15) is 18.4 Å². The molecule has 0 saturated carbocycles. The van der Waals surface area contributed by atoms with Crippen LogP contribution in [0.5, 0.6) is 0 Å². The summed E-state index contributed by atoms with van der Waals surface area (Å²) in [5.74, 6) is -1.57. The van der Waals surface area contributed by atoms with E-state index in [1.54, 1.807) is 0 Å². The maximum atomic E-state index is 14.7. The van der Waals surface area contributed by atoms with Crippen molar-refractivity contribution >= 4 is 43.5 Å².